The third kappa shape index (κ3) is 4.72. The summed E-state index contributed by atoms with van der Waals surface area (Å²) in [6.45, 7) is 5.73. The van der Waals surface area contributed by atoms with E-state index in [-0.39, 0.29) is 11.5 Å². The molecule has 0 saturated heterocycles. The van der Waals surface area contributed by atoms with E-state index in [1.54, 1.807) is 36.0 Å². The van der Waals surface area contributed by atoms with Gasteiger partial charge in [0.1, 0.15) is 11.3 Å². The first kappa shape index (κ1) is 24.7. The zero-order valence-corrected chi connectivity index (χ0v) is 21.0. The second-order valence-corrected chi connectivity index (χ2v) is 9.16. The highest BCUT2D eigenvalue weighted by Gasteiger charge is 2.23. The number of benzene rings is 2. The summed E-state index contributed by atoms with van der Waals surface area (Å²) in [5, 5.41) is 3.81. The lowest BCUT2D eigenvalue weighted by atomic mass is 9.97. The van der Waals surface area contributed by atoms with Gasteiger partial charge in [-0.15, -0.1) is 17.8 Å². The molecule has 0 spiro atoms. The highest BCUT2D eigenvalue weighted by molar-refractivity contribution is 7.13. The fourth-order valence-corrected chi connectivity index (χ4v) is 4.82. The molecule has 1 atom stereocenters. The lowest BCUT2D eigenvalue weighted by Gasteiger charge is -2.20. The first-order valence-corrected chi connectivity index (χ1v) is 12.2. The number of aromatic nitrogens is 1. The number of thiazole rings is 1. The third-order valence-corrected chi connectivity index (χ3v) is 6.51. The van der Waals surface area contributed by atoms with Crippen LogP contribution in [0.15, 0.2) is 75.5 Å². The smallest absolute Gasteiger partial charge is 0.250 e. The van der Waals surface area contributed by atoms with Gasteiger partial charge < -0.3 is 15.5 Å². The maximum absolute atomic E-state index is 13.9. The van der Waals surface area contributed by atoms with Gasteiger partial charge in [-0.1, -0.05) is 36.3 Å². The summed E-state index contributed by atoms with van der Waals surface area (Å²) in [5.41, 5.74) is 11.2. The summed E-state index contributed by atoms with van der Waals surface area (Å²) in [4.78, 5) is 30.7. The highest BCUT2D eigenvalue weighted by Crippen LogP contribution is 2.35. The number of carbonyl (C=O) groups is 1. The van der Waals surface area contributed by atoms with Gasteiger partial charge in [-0.3, -0.25) is 14.6 Å². The minimum Gasteiger partial charge on any atom is -0.455 e. The van der Waals surface area contributed by atoms with Crippen LogP contribution in [0.3, 0.4) is 0 Å². The molecule has 4 rings (SSSR count). The average Bonchev–Trinajstić information content (AvgIpc) is 3.38. The van der Waals surface area contributed by atoms with Crippen LogP contribution in [0, 0.1) is 19.3 Å². The Kier molecular flexibility index (Phi) is 7.18. The van der Waals surface area contributed by atoms with Gasteiger partial charge in [-0.2, -0.15) is 0 Å². The number of terminal acetylenes is 1. The van der Waals surface area contributed by atoms with E-state index < -0.39 is 5.91 Å². The standard InChI is InChI=1S/C29H25N3O3S/c1-5-9-19(10-6-2)27-25(24-15-31-16-36-24)26(33)22-14-17(3)13-21(28(22)35-27)18(4)32-23-12-8-7-11-20(23)29(30)34/h1,6-16,18,32H,2-4H3,(H2,30,34)/b10-6-,19-9+/t18-/m1/s1. The van der Waals surface area contributed by atoms with Gasteiger partial charge in [0.25, 0.3) is 5.91 Å². The van der Waals surface area contributed by atoms with Crippen molar-refractivity contribution in [3.8, 4) is 22.8 Å². The molecule has 0 fully saturated rings. The van der Waals surface area contributed by atoms with E-state index in [1.165, 1.54) is 11.3 Å². The Hall–Kier alpha value is -4.41. The van der Waals surface area contributed by atoms with Crippen LogP contribution in [0.1, 0.15) is 47.1 Å². The van der Waals surface area contributed by atoms with E-state index >= 15 is 0 Å². The number of amides is 1. The topological polar surface area (TPSA) is 98.2 Å². The SMILES string of the molecule is C#C/C=C(\C=C/C)c1oc2c([C@@H](C)Nc3ccccc3C(N)=O)cc(C)cc2c(=O)c1-c1cncs1. The molecule has 0 aliphatic carbocycles. The monoisotopic (exact) mass is 495 g/mol. The quantitative estimate of drug-likeness (QED) is 0.239. The molecule has 0 aliphatic heterocycles. The van der Waals surface area contributed by atoms with Gasteiger partial charge in [-0.25, -0.2) is 0 Å². The van der Waals surface area contributed by atoms with Gasteiger partial charge in [0.2, 0.25) is 5.43 Å². The molecule has 6 nitrogen and oxygen atoms in total. The Morgan fingerprint density at radius 2 is 2.08 bits per heavy atom. The zero-order valence-electron chi connectivity index (χ0n) is 20.2. The van der Waals surface area contributed by atoms with Crippen LogP contribution in [-0.2, 0) is 0 Å². The van der Waals surface area contributed by atoms with Crippen LogP contribution in [0.2, 0.25) is 0 Å². The molecular weight excluding hydrogens is 470 g/mol. The largest absolute Gasteiger partial charge is 0.455 e. The van der Waals surface area contributed by atoms with Gasteiger partial charge in [-0.05, 0) is 50.6 Å². The first-order valence-electron chi connectivity index (χ1n) is 11.3. The molecule has 0 saturated carbocycles. The number of primary amides is 1. The number of para-hydroxylation sites is 1. The summed E-state index contributed by atoms with van der Waals surface area (Å²) in [7, 11) is 0. The van der Waals surface area contributed by atoms with E-state index in [0.29, 0.717) is 44.0 Å². The molecule has 180 valence electrons. The van der Waals surface area contributed by atoms with Crippen molar-refractivity contribution >= 4 is 39.5 Å². The molecule has 0 aliphatic rings. The van der Waals surface area contributed by atoms with Crippen molar-refractivity contribution in [1.82, 2.24) is 4.98 Å². The van der Waals surface area contributed by atoms with E-state index in [9.17, 15) is 9.59 Å². The molecule has 2 aromatic carbocycles. The number of allylic oxidation sites excluding steroid dienone is 4. The maximum atomic E-state index is 13.9. The number of fused-ring (bicyclic) bond motifs is 1. The molecular formula is C29H25N3O3S. The van der Waals surface area contributed by atoms with Crippen molar-refractivity contribution in [3.63, 3.8) is 0 Å². The second-order valence-electron chi connectivity index (χ2n) is 8.27. The van der Waals surface area contributed by atoms with Gasteiger partial charge >= 0.3 is 0 Å². The number of nitrogens with two attached hydrogens (primary N) is 1. The Labute approximate surface area is 213 Å². The average molecular weight is 496 g/mol. The van der Waals surface area contributed by atoms with Crippen LogP contribution in [0.4, 0.5) is 5.69 Å². The Morgan fingerprint density at radius 3 is 2.75 bits per heavy atom. The lowest BCUT2D eigenvalue weighted by molar-refractivity contribution is 0.100. The molecule has 1 amide bonds. The van der Waals surface area contributed by atoms with Crippen LogP contribution < -0.4 is 16.5 Å². The summed E-state index contributed by atoms with van der Waals surface area (Å²) in [6.07, 6.45) is 12.5. The number of rotatable bonds is 7. The van der Waals surface area contributed by atoms with Crippen molar-refractivity contribution in [2.45, 2.75) is 26.8 Å². The van der Waals surface area contributed by atoms with E-state index in [2.05, 4.69) is 16.2 Å². The van der Waals surface area contributed by atoms with Gasteiger partial charge in [0.05, 0.1) is 32.9 Å². The van der Waals surface area contributed by atoms with Crippen molar-refractivity contribution in [2.24, 2.45) is 5.73 Å². The van der Waals surface area contributed by atoms with E-state index in [4.69, 9.17) is 16.6 Å². The van der Waals surface area contributed by atoms with Crippen LogP contribution in [0.25, 0.3) is 27.0 Å². The third-order valence-electron chi connectivity index (χ3n) is 5.72. The van der Waals surface area contributed by atoms with Gasteiger partial charge in [0.15, 0.2) is 0 Å². The fourth-order valence-electron chi connectivity index (χ4n) is 4.16. The summed E-state index contributed by atoms with van der Waals surface area (Å²) in [6, 6.07) is 10.5. The van der Waals surface area contributed by atoms with E-state index in [1.807, 2.05) is 51.1 Å². The van der Waals surface area contributed by atoms with Crippen molar-refractivity contribution < 1.29 is 9.21 Å². The molecule has 0 unspecified atom stereocenters. The molecule has 36 heavy (non-hydrogen) atoms. The van der Waals surface area contributed by atoms with Gasteiger partial charge in [0, 0.05) is 23.0 Å². The van der Waals surface area contributed by atoms with Crippen LogP contribution in [-0.4, -0.2) is 10.9 Å². The number of hydrogen-bond acceptors (Lipinski definition) is 6. The molecule has 4 aromatic rings. The Morgan fingerprint density at radius 1 is 1.31 bits per heavy atom. The summed E-state index contributed by atoms with van der Waals surface area (Å²) in [5.74, 6) is 2.39. The lowest BCUT2D eigenvalue weighted by Crippen LogP contribution is -2.17. The number of carbonyl (C=O) groups excluding carboxylic acids is 1. The molecule has 2 aromatic heterocycles. The Bertz CT molecular complexity index is 1610. The normalized spacial score (nSPS) is 12.6. The second kappa shape index (κ2) is 10.5. The van der Waals surface area contributed by atoms with E-state index in [0.717, 1.165) is 11.1 Å². The minimum atomic E-state index is -0.530. The zero-order chi connectivity index (χ0) is 25.8. The summed E-state index contributed by atoms with van der Waals surface area (Å²) < 4.78 is 6.52. The molecule has 0 bridgehead atoms. The predicted octanol–water partition coefficient (Wildman–Crippen LogP) is 6.09. The van der Waals surface area contributed by atoms with Crippen molar-refractivity contribution in [1.29, 1.82) is 0 Å². The summed E-state index contributed by atoms with van der Waals surface area (Å²) >= 11 is 1.36. The van der Waals surface area contributed by atoms with Crippen molar-refractivity contribution in [3.05, 3.63) is 99.0 Å². The Balaban J connectivity index is 2.00. The maximum Gasteiger partial charge on any atom is 0.250 e. The highest BCUT2D eigenvalue weighted by atomic mass is 32.1. The molecule has 7 heteroatoms. The molecule has 2 heterocycles. The van der Waals surface area contributed by atoms with Crippen LogP contribution >= 0.6 is 11.3 Å². The fraction of sp³-hybridized carbons (Fsp3) is 0.138. The van der Waals surface area contributed by atoms with Crippen molar-refractivity contribution in [2.75, 3.05) is 5.32 Å². The van der Waals surface area contributed by atoms with Crippen LogP contribution in [0.5, 0.6) is 0 Å². The number of anilines is 1. The first-order chi connectivity index (χ1) is 17.3. The number of nitrogens with one attached hydrogen (secondary N) is 1. The number of nitrogens with zero attached hydrogens (tertiary/aromatic N) is 1. The number of aryl methyl sites for hydroxylation is 1. The minimum absolute atomic E-state index is 0.169. The molecule has 3 N–H and O–H groups in total. The predicted molar refractivity (Wildman–Crippen MR) is 147 cm³/mol. The molecule has 0 radical (unpaired) electrons. The number of hydrogen-bond donors (Lipinski definition) is 2.